The van der Waals surface area contributed by atoms with E-state index in [4.69, 9.17) is 4.42 Å². The molecular formula is C37H37N2O6S-. The van der Waals surface area contributed by atoms with Crippen LogP contribution in [-0.2, 0) is 26.7 Å². The third-order valence-corrected chi connectivity index (χ3v) is 8.77. The number of nitrogens with zero attached hydrogens (tertiary/aromatic N) is 1. The second-order valence-corrected chi connectivity index (χ2v) is 14.0. The van der Waals surface area contributed by atoms with Crippen molar-refractivity contribution in [3.05, 3.63) is 125 Å². The fraction of sp³-hybridized carbons (Fsp3) is 0.243. The van der Waals surface area contributed by atoms with E-state index in [0.717, 1.165) is 44.7 Å². The maximum absolute atomic E-state index is 14.1. The fourth-order valence-corrected chi connectivity index (χ4v) is 5.67. The van der Waals surface area contributed by atoms with Crippen LogP contribution in [0.5, 0.6) is 0 Å². The number of fused-ring (bicyclic) bond motifs is 1. The molecule has 2 amide bonds. The van der Waals surface area contributed by atoms with Gasteiger partial charge < -0.3 is 19.2 Å². The average molecular weight is 638 g/mol. The Morgan fingerprint density at radius 2 is 1.54 bits per heavy atom. The maximum atomic E-state index is 14.1. The number of hydrogen-bond donors (Lipinski definition) is 1. The summed E-state index contributed by atoms with van der Waals surface area (Å²) in [6.07, 6.45) is 0.394. The van der Waals surface area contributed by atoms with Crippen LogP contribution in [0, 0.1) is 0 Å². The molecule has 238 valence electrons. The Morgan fingerprint density at radius 1 is 0.891 bits per heavy atom. The summed E-state index contributed by atoms with van der Waals surface area (Å²) in [5.74, 6) is -0.987. The van der Waals surface area contributed by atoms with Crippen molar-refractivity contribution in [2.45, 2.75) is 38.5 Å². The number of benzene rings is 4. The van der Waals surface area contributed by atoms with Crippen LogP contribution in [0.2, 0.25) is 0 Å². The van der Waals surface area contributed by atoms with E-state index in [9.17, 15) is 22.6 Å². The number of carbonyl (C=O) groups excluding carboxylic acids is 2. The van der Waals surface area contributed by atoms with E-state index in [1.54, 1.807) is 36.2 Å². The highest BCUT2D eigenvalue weighted by Crippen LogP contribution is 2.32. The lowest BCUT2D eigenvalue weighted by molar-refractivity contribution is -0.119. The minimum absolute atomic E-state index is 0.0370. The molecular weight excluding hydrogens is 600 g/mol. The third kappa shape index (κ3) is 7.91. The molecule has 5 aromatic rings. The van der Waals surface area contributed by atoms with E-state index >= 15 is 0 Å². The number of rotatable bonds is 10. The van der Waals surface area contributed by atoms with Crippen LogP contribution in [0.4, 0.5) is 5.69 Å². The van der Waals surface area contributed by atoms with Crippen LogP contribution in [0.1, 0.15) is 53.7 Å². The van der Waals surface area contributed by atoms with Crippen molar-refractivity contribution in [1.29, 1.82) is 0 Å². The summed E-state index contributed by atoms with van der Waals surface area (Å²) in [4.78, 5) is 28.2. The van der Waals surface area contributed by atoms with Gasteiger partial charge in [0, 0.05) is 35.8 Å². The summed E-state index contributed by atoms with van der Waals surface area (Å²) >= 11 is 0. The third-order valence-electron chi connectivity index (χ3n) is 8.07. The van der Waals surface area contributed by atoms with Gasteiger partial charge in [0.05, 0.1) is 21.8 Å². The Bertz CT molecular complexity index is 1910. The quantitative estimate of drug-likeness (QED) is 0.171. The van der Waals surface area contributed by atoms with Gasteiger partial charge in [0.25, 0.3) is 5.91 Å². The number of para-hydroxylation sites is 1. The van der Waals surface area contributed by atoms with Gasteiger partial charge in [-0.3, -0.25) is 9.59 Å². The number of nitrogens with one attached hydrogen (secondary N) is 1. The summed E-state index contributed by atoms with van der Waals surface area (Å²) < 4.78 is 38.5. The first-order valence-electron chi connectivity index (χ1n) is 15.1. The van der Waals surface area contributed by atoms with Gasteiger partial charge in [0.2, 0.25) is 5.91 Å². The van der Waals surface area contributed by atoms with Crippen molar-refractivity contribution in [3.63, 3.8) is 0 Å². The molecule has 0 bridgehead atoms. The Labute approximate surface area is 269 Å². The standard InChI is InChI=1S/C37H38N2O6S/c1-37(2,3)30-17-13-26(14-18-30)32(23-25-9-11-28(12-10-25)35(40)38-21-22-46(42,43)44)36(41)39(4)31-19-15-27(16-20-31)34-24-29-7-5-6-8-33(29)45-34/h5-20,24,32H,21-23H2,1-4H3,(H,38,40)(H,42,43,44)/p-1. The SMILES string of the molecule is CN(C(=O)C(Cc1ccc(C(=O)NCCS(=O)(=O)[O-])cc1)c1ccc(C(C)(C)C)cc1)c1ccc(-c2cc3ccccc3o2)cc1. The lowest BCUT2D eigenvalue weighted by Gasteiger charge is -2.26. The van der Waals surface area contributed by atoms with E-state index in [2.05, 4.69) is 38.2 Å². The highest BCUT2D eigenvalue weighted by Gasteiger charge is 2.26. The van der Waals surface area contributed by atoms with Crippen molar-refractivity contribution in [3.8, 4) is 11.3 Å². The number of anilines is 1. The first-order valence-corrected chi connectivity index (χ1v) is 16.6. The molecule has 1 unspecified atom stereocenters. The highest BCUT2D eigenvalue weighted by molar-refractivity contribution is 7.85. The molecule has 0 spiro atoms. The zero-order chi connectivity index (χ0) is 33.1. The molecule has 46 heavy (non-hydrogen) atoms. The average Bonchev–Trinajstić information content (AvgIpc) is 3.47. The van der Waals surface area contributed by atoms with Gasteiger partial charge in [-0.05, 0) is 77.1 Å². The molecule has 1 atom stereocenters. The Hall–Kier alpha value is -4.73. The molecule has 0 saturated heterocycles. The molecule has 1 aromatic heterocycles. The number of hydrogen-bond acceptors (Lipinski definition) is 6. The molecule has 0 aliphatic carbocycles. The fourth-order valence-electron chi connectivity index (χ4n) is 5.32. The van der Waals surface area contributed by atoms with Crippen molar-refractivity contribution < 1.29 is 27.0 Å². The van der Waals surface area contributed by atoms with Gasteiger partial charge in [0.15, 0.2) is 0 Å². The normalized spacial score (nSPS) is 12.5. The molecule has 0 aliphatic rings. The predicted octanol–water partition coefficient (Wildman–Crippen LogP) is 6.66. The molecule has 0 aliphatic heterocycles. The van der Waals surface area contributed by atoms with Crippen LogP contribution in [0.3, 0.4) is 0 Å². The molecule has 0 fully saturated rings. The summed E-state index contributed by atoms with van der Waals surface area (Å²) in [5, 5.41) is 3.47. The first kappa shape index (κ1) is 32.7. The van der Waals surface area contributed by atoms with E-state index in [1.165, 1.54) is 0 Å². The second-order valence-electron chi connectivity index (χ2n) is 12.4. The van der Waals surface area contributed by atoms with Gasteiger partial charge in [-0.1, -0.05) is 75.4 Å². The first-order chi connectivity index (χ1) is 21.8. The molecule has 0 saturated carbocycles. The lowest BCUT2D eigenvalue weighted by Crippen LogP contribution is -2.33. The van der Waals surface area contributed by atoms with Crippen molar-refractivity contribution in [1.82, 2.24) is 5.32 Å². The van der Waals surface area contributed by atoms with Crippen LogP contribution >= 0.6 is 0 Å². The predicted molar refractivity (Wildman–Crippen MR) is 180 cm³/mol. The van der Waals surface area contributed by atoms with Crippen LogP contribution < -0.4 is 10.2 Å². The minimum Gasteiger partial charge on any atom is -0.748 e. The van der Waals surface area contributed by atoms with Gasteiger partial charge in [-0.2, -0.15) is 0 Å². The van der Waals surface area contributed by atoms with Crippen LogP contribution in [0.15, 0.2) is 108 Å². The molecule has 8 nitrogen and oxygen atoms in total. The van der Waals surface area contributed by atoms with Crippen molar-refractivity contribution in [2.24, 2.45) is 0 Å². The number of carbonyl (C=O) groups is 2. The zero-order valence-corrected chi connectivity index (χ0v) is 27.1. The highest BCUT2D eigenvalue weighted by atomic mass is 32.2. The summed E-state index contributed by atoms with van der Waals surface area (Å²) in [6.45, 7) is 6.17. The van der Waals surface area contributed by atoms with E-state index in [0.29, 0.717) is 12.0 Å². The van der Waals surface area contributed by atoms with Crippen molar-refractivity contribution >= 4 is 38.6 Å². The number of furan rings is 1. The Balaban J connectivity index is 1.36. The smallest absolute Gasteiger partial charge is 0.251 e. The summed E-state index contributed by atoms with van der Waals surface area (Å²) in [7, 11) is -2.65. The zero-order valence-electron chi connectivity index (χ0n) is 26.3. The van der Waals surface area contributed by atoms with Gasteiger partial charge >= 0.3 is 0 Å². The minimum atomic E-state index is -4.42. The molecule has 0 radical (unpaired) electrons. The Morgan fingerprint density at radius 3 is 2.15 bits per heavy atom. The van der Waals surface area contributed by atoms with E-state index < -0.39 is 27.7 Å². The lowest BCUT2D eigenvalue weighted by atomic mass is 9.84. The molecule has 9 heteroatoms. The van der Waals surface area contributed by atoms with Crippen molar-refractivity contribution in [2.75, 3.05) is 24.2 Å². The number of amides is 2. The topological polar surface area (TPSA) is 120 Å². The molecule has 1 N–H and O–H groups in total. The van der Waals surface area contributed by atoms with Crippen LogP contribution in [0.25, 0.3) is 22.3 Å². The number of likely N-dealkylation sites (N-methyl/N-ethyl adjacent to an activating group) is 1. The van der Waals surface area contributed by atoms with E-state index in [-0.39, 0.29) is 17.9 Å². The molecule has 1 heterocycles. The molecule has 5 rings (SSSR count). The summed E-state index contributed by atoms with van der Waals surface area (Å²) in [5.41, 5.74) is 5.66. The monoisotopic (exact) mass is 637 g/mol. The van der Waals surface area contributed by atoms with Gasteiger partial charge in [-0.25, -0.2) is 8.42 Å². The van der Waals surface area contributed by atoms with Gasteiger partial charge in [0.1, 0.15) is 11.3 Å². The second kappa shape index (κ2) is 13.3. The summed E-state index contributed by atoms with van der Waals surface area (Å²) in [6, 6.07) is 32.5. The van der Waals surface area contributed by atoms with Crippen LogP contribution in [-0.4, -0.2) is 44.1 Å². The van der Waals surface area contributed by atoms with E-state index in [1.807, 2.05) is 66.7 Å². The largest absolute Gasteiger partial charge is 0.748 e. The molecule has 4 aromatic carbocycles. The Kier molecular flexibility index (Phi) is 9.46. The van der Waals surface area contributed by atoms with Gasteiger partial charge in [-0.15, -0.1) is 0 Å². The maximum Gasteiger partial charge on any atom is 0.251 e.